The van der Waals surface area contributed by atoms with E-state index in [0.29, 0.717) is 17.9 Å². The number of hydrogen-bond acceptors (Lipinski definition) is 4. The molecule has 2 amide bonds. The monoisotopic (exact) mass is 354 g/mol. The highest BCUT2D eigenvalue weighted by atomic mass is 16.5. The van der Waals surface area contributed by atoms with Crippen LogP contribution in [0.25, 0.3) is 0 Å². The van der Waals surface area contributed by atoms with E-state index < -0.39 is 6.10 Å². The zero-order valence-corrected chi connectivity index (χ0v) is 14.9. The van der Waals surface area contributed by atoms with Crippen LogP contribution in [0.1, 0.15) is 19.8 Å². The third kappa shape index (κ3) is 4.14. The zero-order chi connectivity index (χ0) is 18.5. The molecule has 0 radical (unpaired) electrons. The van der Waals surface area contributed by atoms with E-state index in [-0.39, 0.29) is 11.8 Å². The van der Waals surface area contributed by atoms with Crippen molar-refractivity contribution in [2.75, 3.05) is 23.9 Å². The molecule has 1 saturated heterocycles. The van der Waals surface area contributed by atoms with Crippen molar-refractivity contribution in [3.8, 4) is 11.5 Å². The molecule has 26 heavy (non-hydrogen) atoms. The first-order valence-electron chi connectivity index (χ1n) is 8.59. The molecule has 0 bridgehead atoms. The average Bonchev–Trinajstić information content (AvgIpc) is 3.09. The average molecular weight is 354 g/mol. The first-order valence-corrected chi connectivity index (χ1v) is 8.59. The summed E-state index contributed by atoms with van der Waals surface area (Å²) in [4.78, 5) is 25.8. The second-order valence-electron chi connectivity index (χ2n) is 6.12. The van der Waals surface area contributed by atoms with Crippen molar-refractivity contribution in [2.24, 2.45) is 0 Å². The number of carbonyl (C=O) groups is 2. The molecule has 1 N–H and O–H groups in total. The molecule has 0 spiro atoms. The summed E-state index contributed by atoms with van der Waals surface area (Å²) in [7, 11) is 1.59. The van der Waals surface area contributed by atoms with E-state index in [2.05, 4.69) is 5.32 Å². The van der Waals surface area contributed by atoms with Crippen molar-refractivity contribution in [3.05, 3.63) is 48.5 Å². The van der Waals surface area contributed by atoms with E-state index in [1.165, 1.54) is 0 Å². The predicted octanol–water partition coefficient (Wildman–Crippen LogP) is 3.23. The minimum Gasteiger partial charge on any atom is -0.497 e. The molecule has 6 heteroatoms. The van der Waals surface area contributed by atoms with Crippen LogP contribution in [0.2, 0.25) is 0 Å². The number of nitrogens with zero attached hydrogens (tertiary/aromatic N) is 1. The molecular formula is C20H22N2O4. The summed E-state index contributed by atoms with van der Waals surface area (Å²) in [5.74, 6) is 1.22. The van der Waals surface area contributed by atoms with E-state index >= 15 is 0 Å². The number of methoxy groups -OCH3 is 1. The van der Waals surface area contributed by atoms with Gasteiger partial charge in [-0.25, -0.2) is 0 Å². The van der Waals surface area contributed by atoms with Crippen LogP contribution in [-0.4, -0.2) is 31.6 Å². The van der Waals surface area contributed by atoms with E-state index in [1.54, 1.807) is 55.3 Å². The Morgan fingerprint density at radius 3 is 2.31 bits per heavy atom. The second-order valence-corrected chi connectivity index (χ2v) is 6.12. The minimum absolute atomic E-state index is 0.142. The molecule has 0 aromatic heterocycles. The standard InChI is InChI=1S/C20H22N2O4/c1-14(26-18-11-9-17(25-2)10-12-18)20(24)21-15-5-7-16(8-6-15)22-13-3-4-19(22)23/h5-12,14H,3-4,13H2,1-2H3,(H,21,24). The summed E-state index contributed by atoms with van der Waals surface area (Å²) in [6, 6.07) is 14.3. The summed E-state index contributed by atoms with van der Waals surface area (Å²) in [6.45, 7) is 2.44. The lowest BCUT2D eigenvalue weighted by Crippen LogP contribution is -2.30. The van der Waals surface area contributed by atoms with E-state index in [1.807, 2.05) is 12.1 Å². The highest BCUT2D eigenvalue weighted by molar-refractivity contribution is 5.96. The maximum Gasteiger partial charge on any atom is 0.265 e. The van der Waals surface area contributed by atoms with E-state index in [9.17, 15) is 9.59 Å². The fourth-order valence-corrected chi connectivity index (χ4v) is 2.80. The maximum atomic E-state index is 12.3. The minimum atomic E-state index is -0.650. The van der Waals surface area contributed by atoms with Gasteiger partial charge in [-0.15, -0.1) is 0 Å². The number of carbonyl (C=O) groups excluding carboxylic acids is 2. The molecule has 1 fully saturated rings. The fourth-order valence-electron chi connectivity index (χ4n) is 2.80. The molecule has 6 nitrogen and oxygen atoms in total. The lowest BCUT2D eigenvalue weighted by Gasteiger charge is -2.17. The van der Waals surface area contributed by atoms with Gasteiger partial charge in [-0.2, -0.15) is 0 Å². The lowest BCUT2D eigenvalue weighted by molar-refractivity contribution is -0.122. The summed E-state index contributed by atoms with van der Waals surface area (Å²) in [5, 5.41) is 2.82. The number of amides is 2. The van der Waals surface area contributed by atoms with Gasteiger partial charge in [0.15, 0.2) is 6.10 Å². The molecule has 1 unspecified atom stereocenters. The number of anilines is 2. The van der Waals surface area contributed by atoms with Crippen LogP contribution in [0.15, 0.2) is 48.5 Å². The molecule has 1 heterocycles. The molecular weight excluding hydrogens is 332 g/mol. The highest BCUT2D eigenvalue weighted by Crippen LogP contribution is 2.23. The molecule has 1 atom stereocenters. The van der Waals surface area contributed by atoms with Gasteiger partial charge in [0.25, 0.3) is 5.91 Å². The van der Waals surface area contributed by atoms with Crippen LogP contribution in [0.5, 0.6) is 11.5 Å². The van der Waals surface area contributed by atoms with Crippen LogP contribution in [0.4, 0.5) is 11.4 Å². The van der Waals surface area contributed by atoms with Crippen molar-refractivity contribution in [2.45, 2.75) is 25.9 Å². The van der Waals surface area contributed by atoms with Gasteiger partial charge in [-0.05, 0) is 61.9 Å². The van der Waals surface area contributed by atoms with Gasteiger partial charge < -0.3 is 19.7 Å². The van der Waals surface area contributed by atoms with Crippen LogP contribution in [0, 0.1) is 0 Å². The predicted molar refractivity (Wildman–Crippen MR) is 99.7 cm³/mol. The number of benzene rings is 2. The fraction of sp³-hybridized carbons (Fsp3) is 0.300. The third-order valence-electron chi connectivity index (χ3n) is 4.26. The topological polar surface area (TPSA) is 67.9 Å². The molecule has 0 saturated carbocycles. The van der Waals surface area contributed by atoms with Gasteiger partial charge >= 0.3 is 0 Å². The van der Waals surface area contributed by atoms with E-state index in [0.717, 1.165) is 24.4 Å². The molecule has 2 aromatic rings. The Morgan fingerprint density at radius 2 is 1.73 bits per heavy atom. The van der Waals surface area contributed by atoms with Crippen molar-refractivity contribution < 1.29 is 19.1 Å². The van der Waals surface area contributed by atoms with Crippen LogP contribution in [-0.2, 0) is 9.59 Å². The molecule has 136 valence electrons. The number of hydrogen-bond donors (Lipinski definition) is 1. The van der Waals surface area contributed by atoms with Gasteiger partial charge in [-0.3, -0.25) is 9.59 Å². The first kappa shape index (κ1) is 17.8. The van der Waals surface area contributed by atoms with Crippen LogP contribution >= 0.6 is 0 Å². The first-order chi connectivity index (χ1) is 12.6. The van der Waals surface area contributed by atoms with Crippen molar-refractivity contribution in [1.82, 2.24) is 0 Å². The Kier molecular flexibility index (Phi) is 5.41. The van der Waals surface area contributed by atoms with Crippen molar-refractivity contribution in [1.29, 1.82) is 0 Å². The van der Waals surface area contributed by atoms with Crippen LogP contribution in [0.3, 0.4) is 0 Å². The normalized spacial score (nSPS) is 14.8. The number of rotatable bonds is 6. The largest absolute Gasteiger partial charge is 0.497 e. The SMILES string of the molecule is COc1ccc(OC(C)C(=O)Nc2ccc(N3CCCC3=O)cc2)cc1. The summed E-state index contributed by atoms with van der Waals surface area (Å²) < 4.78 is 10.7. The van der Waals surface area contributed by atoms with Gasteiger partial charge in [-0.1, -0.05) is 0 Å². The quantitative estimate of drug-likeness (QED) is 0.865. The Labute approximate surface area is 152 Å². The molecule has 3 rings (SSSR count). The molecule has 1 aliphatic heterocycles. The Morgan fingerprint density at radius 1 is 1.08 bits per heavy atom. The zero-order valence-electron chi connectivity index (χ0n) is 14.9. The van der Waals surface area contributed by atoms with Crippen LogP contribution < -0.4 is 19.7 Å². The van der Waals surface area contributed by atoms with Gasteiger partial charge in [0.1, 0.15) is 11.5 Å². The molecule has 2 aromatic carbocycles. The number of ether oxygens (including phenoxy) is 2. The summed E-state index contributed by atoms with van der Waals surface area (Å²) in [5.41, 5.74) is 1.52. The Balaban J connectivity index is 1.57. The summed E-state index contributed by atoms with van der Waals surface area (Å²) >= 11 is 0. The smallest absolute Gasteiger partial charge is 0.265 e. The molecule has 1 aliphatic rings. The van der Waals surface area contributed by atoms with Crippen molar-refractivity contribution >= 4 is 23.2 Å². The highest BCUT2D eigenvalue weighted by Gasteiger charge is 2.21. The van der Waals surface area contributed by atoms with E-state index in [4.69, 9.17) is 9.47 Å². The lowest BCUT2D eigenvalue weighted by atomic mass is 10.2. The Bertz CT molecular complexity index is 771. The van der Waals surface area contributed by atoms with Gasteiger partial charge in [0.05, 0.1) is 7.11 Å². The Hall–Kier alpha value is -3.02. The van der Waals surface area contributed by atoms with Crippen molar-refractivity contribution in [3.63, 3.8) is 0 Å². The van der Waals surface area contributed by atoms with Gasteiger partial charge in [0, 0.05) is 24.3 Å². The second kappa shape index (κ2) is 7.91. The third-order valence-corrected chi connectivity index (χ3v) is 4.26. The summed E-state index contributed by atoms with van der Waals surface area (Å²) in [6.07, 6.45) is 0.833. The number of nitrogens with one attached hydrogen (secondary N) is 1. The van der Waals surface area contributed by atoms with Gasteiger partial charge in [0.2, 0.25) is 5.91 Å². The maximum absolute atomic E-state index is 12.3. The molecule has 0 aliphatic carbocycles.